The van der Waals surface area contributed by atoms with Gasteiger partial charge in [-0.2, -0.15) is 0 Å². The van der Waals surface area contributed by atoms with E-state index in [4.69, 9.17) is 0 Å². The highest BCUT2D eigenvalue weighted by molar-refractivity contribution is 6.30. The molecular formula is C66H46. The topological polar surface area (TPSA) is 0 Å². The predicted octanol–water partition coefficient (Wildman–Crippen LogP) is 18.1. The summed E-state index contributed by atoms with van der Waals surface area (Å²) in [7, 11) is 0. The van der Waals surface area contributed by atoms with E-state index in [-0.39, 0.29) is 10.8 Å². The van der Waals surface area contributed by atoms with Crippen LogP contribution in [0.15, 0.2) is 206 Å². The normalized spacial score (nSPS) is 14.3. The average molecular weight is 839 g/mol. The Morgan fingerprint density at radius 3 is 1.36 bits per heavy atom. The van der Waals surface area contributed by atoms with E-state index in [1.54, 1.807) is 0 Å². The zero-order chi connectivity index (χ0) is 44.1. The van der Waals surface area contributed by atoms with Crippen LogP contribution in [0, 0.1) is 0 Å². The summed E-state index contributed by atoms with van der Waals surface area (Å²) in [5, 5.41) is 7.82. The van der Waals surface area contributed by atoms with E-state index < -0.39 is 0 Å². The second-order valence-electron chi connectivity index (χ2n) is 20.0. The van der Waals surface area contributed by atoms with Crippen LogP contribution in [0.5, 0.6) is 0 Å². The molecule has 0 atom stereocenters. The Balaban J connectivity index is 0.956. The minimum absolute atomic E-state index is 0.0392. The van der Waals surface area contributed by atoms with Crippen LogP contribution in [0.4, 0.5) is 0 Å². The van der Waals surface area contributed by atoms with Gasteiger partial charge in [0.15, 0.2) is 0 Å². The molecule has 0 aromatic heterocycles. The Hall–Kier alpha value is -7.80. The number of benzene rings is 11. The first-order chi connectivity index (χ1) is 32.2. The van der Waals surface area contributed by atoms with Crippen LogP contribution in [0.2, 0.25) is 0 Å². The van der Waals surface area contributed by atoms with Gasteiger partial charge in [-0.15, -0.1) is 0 Å². The summed E-state index contributed by atoms with van der Waals surface area (Å²) in [5.41, 5.74) is 26.2. The van der Waals surface area contributed by atoms with Crippen LogP contribution < -0.4 is 0 Å². The predicted molar refractivity (Wildman–Crippen MR) is 280 cm³/mol. The molecule has 0 bridgehead atoms. The van der Waals surface area contributed by atoms with Gasteiger partial charge in [0.25, 0.3) is 0 Å². The lowest BCUT2D eigenvalue weighted by Crippen LogP contribution is -2.15. The molecular weight excluding hydrogens is 793 g/mol. The van der Waals surface area contributed by atoms with Gasteiger partial charge in [-0.3, -0.25) is 0 Å². The zero-order valence-electron chi connectivity index (χ0n) is 37.6. The van der Waals surface area contributed by atoms with Gasteiger partial charge in [0.05, 0.1) is 0 Å². The van der Waals surface area contributed by atoms with Crippen molar-refractivity contribution < 1.29 is 0 Å². The van der Waals surface area contributed by atoms with Crippen molar-refractivity contribution in [1.29, 1.82) is 0 Å². The summed E-state index contributed by atoms with van der Waals surface area (Å²) in [6.45, 7) is 9.59. The molecule has 66 heavy (non-hydrogen) atoms. The first-order valence-electron chi connectivity index (χ1n) is 23.5. The Kier molecular flexibility index (Phi) is 7.61. The van der Waals surface area contributed by atoms with E-state index in [1.807, 2.05) is 0 Å². The number of hydrogen-bond donors (Lipinski definition) is 0. The number of rotatable bonds is 4. The maximum Gasteiger partial charge on any atom is 0.0159 e. The molecule has 0 nitrogen and oxygen atoms in total. The highest BCUT2D eigenvalue weighted by Gasteiger charge is 2.38. The van der Waals surface area contributed by atoms with Crippen molar-refractivity contribution in [2.24, 2.45) is 0 Å². The molecule has 11 aromatic rings. The Morgan fingerprint density at radius 2 is 0.682 bits per heavy atom. The molecule has 0 amide bonds. The first-order valence-corrected chi connectivity index (χ1v) is 23.5. The molecule has 0 fully saturated rings. The molecule has 11 aromatic carbocycles. The summed E-state index contributed by atoms with van der Waals surface area (Å²) < 4.78 is 0. The largest absolute Gasteiger partial charge is 0.0622 e. The summed E-state index contributed by atoms with van der Waals surface area (Å²) >= 11 is 0. The lowest BCUT2D eigenvalue weighted by Gasteiger charge is -2.24. The smallest absolute Gasteiger partial charge is 0.0159 e. The fraction of sp³-hybridized carbons (Fsp3) is 0.0909. The third-order valence-corrected chi connectivity index (χ3v) is 15.8. The van der Waals surface area contributed by atoms with Crippen LogP contribution in [-0.2, 0) is 10.8 Å². The summed E-state index contributed by atoms with van der Waals surface area (Å²) in [6.07, 6.45) is 0. The number of fused-ring (bicyclic) bond motifs is 13. The van der Waals surface area contributed by atoms with Crippen molar-refractivity contribution in [2.75, 3.05) is 0 Å². The quantitative estimate of drug-likeness (QED) is 0.155. The fourth-order valence-corrected chi connectivity index (χ4v) is 12.5. The lowest BCUT2D eigenvalue weighted by molar-refractivity contribution is 0.659. The zero-order valence-corrected chi connectivity index (χ0v) is 37.6. The second kappa shape index (κ2) is 13.4. The summed E-state index contributed by atoms with van der Waals surface area (Å²) in [6, 6.07) is 78.3. The van der Waals surface area contributed by atoms with E-state index in [1.165, 1.54) is 144 Å². The van der Waals surface area contributed by atoms with Crippen LogP contribution in [0.1, 0.15) is 49.9 Å². The van der Waals surface area contributed by atoms with Gasteiger partial charge in [0, 0.05) is 10.8 Å². The van der Waals surface area contributed by atoms with Gasteiger partial charge in [0.2, 0.25) is 0 Å². The molecule has 0 unspecified atom stereocenters. The molecule has 0 saturated heterocycles. The second-order valence-corrected chi connectivity index (χ2v) is 20.0. The molecule has 14 rings (SSSR count). The van der Waals surface area contributed by atoms with Gasteiger partial charge in [-0.1, -0.05) is 198 Å². The van der Waals surface area contributed by atoms with Gasteiger partial charge in [0.1, 0.15) is 0 Å². The Labute approximate surface area is 386 Å². The molecule has 0 heterocycles. The van der Waals surface area contributed by atoms with Crippen molar-refractivity contribution >= 4 is 32.3 Å². The first kappa shape index (κ1) is 37.6. The van der Waals surface area contributed by atoms with Crippen LogP contribution in [0.3, 0.4) is 0 Å². The fourth-order valence-electron chi connectivity index (χ4n) is 12.5. The molecule has 3 aliphatic carbocycles. The van der Waals surface area contributed by atoms with Gasteiger partial charge < -0.3 is 0 Å². The van der Waals surface area contributed by atoms with Crippen LogP contribution in [-0.4, -0.2) is 0 Å². The SMILES string of the molecule is CC1(C)c2ccccc2-c2ccc(-c3ccc4c(c3)C(C)(C)c3cc(-c5cc6c7ccc(-c8ccccc8)c8c7c(cc6c6ccc(-c7ccccc7)cc56)-c5ccccc5-8)ccc3-4)cc21. The third kappa shape index (κ3) is 5.10. The van der Waals surface area contributed by atoms with Gasteiger partial charge in [-0.05, 0) is 180 Å². The molecule has 0 heteroatoms. The van der Waals surface area contributed by atoms with E-state index >= 15 is 0 Å². The van der Waals surface area contributed by atoms with E-state index in [0.29, 0.717) is 0 Å². The molecule has 0 aliphatic heterocycles. The third-order valence-electron chi connectivity index (χ3n) is 15.8. The highest BCUT2D eigenvalue weighted by Crippen LogP contribution is 2.56. The van der Waals surface area contributed by atoms with Gasteiger partial charge in [-0.25, -0.2) is 0 Å². The van der Waals surface area contributed by atoms with Crippen molar-refractivity contribution in [2.45, 2.75) is 38.5 Å². The molecule has 0 N–H and O–H groups in total. The van der Waals surface area contributed by atoms with E-state index in [9.17, 15) is 0 Å². The lowest BCUT2D eigenvalue weighted by atomic mass is 9.79. The Bertz CT molecular complexity index is 3900. The number of hydrogen-bond acceptors (Lipinski definition) is 0. The van der Waals surface area contributed by atoms with E-state index in [0.717, 1.165) is 0 Å². The highest BCUT2D eigenvalue weighted by atomic mass is 14.4. The van der Waals surface area contributed by atoms with Crippen molar-refractivity contribution in [3.63, 3.8) is 0 Å². The Morgan fingerprint density at radius 1 is 0.227 bits per heavy atom. The minimum Gasteiger partial charge on any atom is -0.0622 e. The molecule has 0 spiro atoms. The average Bonchev–Trinajstić information content (AvgIpc) is 3.91. The monoisotopic (exact) mass is 838 g/mol. The summed E-state index contributed by atoms with van der Waals surface area (Å²) in [5.74, 6) is 0. The summed E-state index contributed by atoms with van der Waals surface area (Å²) in [4.78, 5) is 0. The molecule has 0 radical (unpaired) electrons. The van der Waals surface area contributed by atoms with Crippen molar-refractivity contribution in [3.05, 3.63) is 229 Å². The molecule has 3 aliphatic rings. The maximum absolute atomic E-state index is 2.52. The maximum atomic E-state index is 2.52. The minimum atomic E-state index is -0.195. The van der Waals surface area contributed by atoms with Crippen LogP contribution >= 0.6 is 0 Å². The van der Waals surface area contributed by atoms with Crippen molar-refractivity contribution in [1.82, 2.24) is 0 Å². The van der Waals surface area contributed by atoms with Crippen LogP contribution in [0.25, 0.3) is 121 Å². The molecule has 0 saturated carbocycles. The standard InChI is InChI=1S/C66H46/c1-65(2)59-22-14-13-20-48(59)49-28-24-42(34-60(49)65)43-25-29-50-51-30-26-44(36-62(51)66(3,4)61(50)35-43)54-37-57-53-32-31-45(40-17-9-6-10-18-40)63-52-21-12-11-19-46(52)58(64(53)63)38-56(57)47-27-23-41(33-55(47)54)39-15-7-5-8-16-39/h5-38H,1-4H3. The molecule has 310 valence electrons. The van der Waals surface area contributed by atoms with E-state index in [2.05, 4.69) is 234 Å². The van der Waals surface area contributed by atoms with Gasteiger partial charge >= 0.3 is 0 Å². The van der Waals surface area contributed by atoms with Crippen molar-refractivity contribution in [3.8, 4) is 89.0 Å².